The van der Waals surface area contributed by atoms with Gasteiger partial charge in [-0.2, -0.15) is 0 Å². The first-order valence-corrected chi connectivity index (χ1v) is 7.09. The molecule has 1 aliphatic carbocycles. The van der Waals surface area contributed by atoms with Crippen LogP contribution in [0.1, 0.15) is 30.1 Å². The van der Waals surface area contributed by atoms with Gasteiger partial charge < -0.3 is 9.84 Å². The summed E-state index contributed by atoms with van der Waals surface area (Å²) in [5, 5.41) is 9.94. The Balaban J connectivity index is 1.85. The third kappa shape index (κ3) is 3.25. The first-order chi connectivity index (χ1) is 10.4. The number of aryl methyl sites for hydroxylation is 1. The summed E-state index contributed by atoms with van der Waals surface area (Å²) in [6.07, 6.45) is -2.47. The largest absolute Gasteiger partial charge is 0.573 e. The molecule has 3 rings (SSSR count). The highest BCUT2D eigenvalue weighted by molar-refractivity contribution is 5.66. The quantitative estimate of drug-likeness (QED) is 0.877. The number of hydrogen-bond acceptors (Lipinski definition) is 2. The van der Waals surface area contributed by atoms with E-state index in [1.165, 1.54) is 12.1 Å². The molecular weight excluding hydrogens is 293 g/mol. The second-order valence-electron chi connectivity index (χ2n) is 5.39. The molecule has 116 valence electrons. The van der Waals surface area contributed by atoms with E-state index in [0.717, 1.165) is 41.5 Å². The van der Waals surface area contributed by atoms with Gasteiger partial charge in [-0.15, -0.1) is 13.2 Å². The maximum Gasteiger partial charge on any atom is 0.573 e. The molecule has 2 nitrogen and oxygen atoms in total. The second-order valence-corrected chi connectivity index (χ2v) is 5.39. The molecule has 0 fully saturated rings. The van der Waals surface area contributed by atoms with Gasteiger partial charge >= 0.3 is 6.36 Å². The van der Waals surface area contributed by atoms with E-state index >= 15 is 0 Å². The van der Waals surface area contributed by atoms with E-state index in [9.17, 15) is 18.3 Å². The number of alkyl halides is 3. The van der Waals surface area contributed by atoms with Gasteiger partial charge in [-0.3, -0.25) is 0 Å². The Labute approximate surface area is 126 Å². The molecule has 0 heterocycles. The van der Waals surface area contributed by atoms with Gasteiger partial charge in [0.2, 0.25) is 0 Å². The molecular formula is C17H15F3O2. The lowest BCUT2D eigenvalue weighted by Crippen LogP contribution is -2.16. The SMILES string of the molecule is OC1CCCc2cc(-c3ccc(OC(F)(F)F)cc3)ccc21. The lowest BCUT2D eigenvalue weighted by molar-refractivity contribution is -0.274. The molecule has 0 amide bonds. The molecule has 0 aliphatic heterocycles. The molecule has 5 heteroatoms. The third-order valence-corrected chi connectivity index (χ3v) is 3.85. The van der Waals surface area contributed by atoms with Gasteiger partial charge in [0.15, 0.2) is 0 Å². The minimum atomic E-state index is -4.68. The first-order valence-electron chi connectivity index (χ1n) is 7.09. The fourth-order valence-corrected chi connectivity index (χ4v) is 2.82. The van der Waals surface area contributed by atoms with Crippen molar-refractivity contribution in [2.45, 2.75) is 31.7 Å². The Kier molecular flexibility index (Phi) is 3.83. The summed E-state index contributed by atoms with van der Waals surface area (Å²) in [4.78, 5) is 0. The average Bonchev–Trinajstić information content (AvgIpc) is 2.46. The maximum atomic E-state index is 12.1. The van der Waals surface area contributed by atoms with E-state index in [-0.39, 0.29) is 5.75 Å². The Bertz CT molecular complexity index is 663. The fourth-order valence-electron chi connectivity index (χ4n) is 2.82. The molecule has 22 heavy (non-hydrogen) atoms. The molecule has 0 aromatic heterocycles. The predicted octanol–water partition coefficient (Wildman–Crippen LogP) is 4.62. The number of aliphatic hydroxyl groups excluding tert-OH is 1. The number of benzene rings is 2. The van der Waals surface area contributed by atoms with Gasteiger partial charge in [0, 0.05) is 0 Å². The Hall–Kier alpha value is -2.01. The van der Waals surface area contributed by atoms with Crippen LogP contribution in [0.5, 0.6) is 5.75 Å². The van der Waals surface area contributed by atoms with Gasteiger partial charge in [-0.1, -0.05) is 30.3 Å². The van der Waals surface area contributed by atoms with Crippen molar-refractivity contribution in [3.8, 4) is 16.9 Å². The summed E-state index contributed by atoms with van der Waals surface area (Å²) >= 11 is 0. The van der Waals surface area contributed by atoms with Crippen molar-refractivity contribution in [2.75, 3.05) is 0 Å². The summed E-state index contributed by atoms with van der Waals surface area (Å²) in [5.74, 6) is -0.232. The molecule has 1 aliphatic rings. The van der Waals surface area contributed by atoms with Crippen molar-refractivity contribution < 1.29 is 23.0 Å². The van der Waals surface area contributed by atoms with E-state index < -0.39 is 12.5 Å². The molecule has 2 aromatic carbocycles. The molecule has 1 unspecified atom stereocenters. The lowest BCUT2D eigenvalue weighted by atomic mass is 9.87. The maximum absolute atomic E-state index is 12.1. The first kappa shape index (κ1) is 14.9. The third-order valence-electron chi connectivity index (χ3n) is 3.85. The van der Waals surface area contributed by atoms with E-state index in [0.29, 0.717) is 0 Å². The highest BCUT2D eigenvalue weighted by Crippen LogP contribution is 2.33. The Morgan fingerprint density at radius 3 is 2.36 bits per heavy atom. The average molecular weight is 308 g/mol. The van der Waals surface area contributed by atoms with Crippen LogP contribution in [0.4, 0.5) is 13.2 Å². The van der Waals surface area contributed by atoms with Crippen LogP contribution >= 0.6 is 0 Å². The van der Waals surface area contributed by atoms with E-state index in [4.69, 9.17) is 0 Å². The van der Waals surface area contributed by atoms with Crippen LogP contribution in [0.25, 0.3) is 11.1 Å². The van der Waals surface area contributed by atoms with Crippen LogP contribution in [-0.2, 0) is 6.42 Å². The summed E-state index contributed by atoms with van der Waals surface area (Å²) in [6.45, 7) is 0. The number of ether oxygens (including phenoxy) is 1. The summed E-state index contributed by atoms with van der Waals surface area (Å²) in [6, 6.07) is 11.6. The zero-order valence-electron chi connectivity index (χ0n) is 11.7. The van der Waals surface area contributed by atoms with Crippen molar-refractivity contribution in [2.24, 2.45) is 0 Å². The number of aliphatic hydroxyl groups is 1. The summed E-state index contributed by atoms with van der Waals surface area (Å²) < 4.78 is 40.3. The smallest absolute Gasteiger partial charge is 0.406 e. The second kappa shape index (κ2) is 5.65. The van der Waals surface area contributed by atoms with E-state index in [2.05, 4.69) is 4.74 Å². The topological polar surface area (TPSA) is 29.5 Å². The highest BCUT2D eigenvalue weighted by Gasteiger charge is 2.31. The molecule has 0 radical (unpaired) electrons. The fraction of sp³-hybridized carbons (Fsp3) is 0.294. The van der Waals surface area contributed by atoms with Crippen molar-refractivity contribution >= 4 is 0 Å². The van der Waals surface area contributed by atoms with Gasteiger partial charge in [0.25, 0.3) is 0 Å². The van der Waals surface area contributed by atoms with E-state index in [1.807, 2.05) is 18.2 Å². The van der Waals surface area contributed by atoms with Crippen molar-refractivity contribution in [3.63, 3.8) is 0 Å². The number of rotatable bonds is 2. The van der Waals surface area contributed by atoms with Crippen LogP contribution in [0.15, 0.2) is 42.5 Å². The van der Waals surface area contributed by atoms with Crippen LogP contribution in [0, 0.1) is 0 Å². The Morgan fingerprint density at radius 2 is 1.68 bits per heavy atom. The lowest BCUT2D eigenvalue weighted by Gasteiger charge is -2.22. The van der Waals surface area contributed by atoms with Gasteiger partial charge in [-0.05, 0) is 53.6 Å². The van der Waals surface area contributed by atoms with Gasteiger partial charge in [0.1, 0.15) is 5.75 Å². The number of hydrogen-bond donors (Lipinski definition) is 1. The highest BCUT2D eigenvalue weighted by atomic mass is 19.4. The number of fused-ring (bicyclic) bond motifs is 1. The van der Waals surface area contributed by atoms with Crippen molar-refractivity contribution in [1.82, 2.24) is 0 Å². The van der Waals surface area contributed by atoms with E-state index in [1.54, 1.807) is 12.1 Å². The van der Waals surface area contributed by atoms with Crippen LogP contribution in [0.3, 0.4) is 0 Å². The molecule has 0 saturated carbocycles. The van der Waals surface area contributed by atoms with Crippen molar-refractivity contribution in [3.05, 3.63) is 53.6 Å². The van der Waals surface area contributed by atoms with Gasteiger partial charge in [0.05, 0.1) is 6.10 Å². The van der Waals surface area contributed by atoms with Gasteiger partial charge in [-0.25, -0.2) is 0 Å². The molecule has 0 saturated heterocycles. The molecule has 0 bridgehead atoms. The predicted molar refractivity (Wildman–Crippen MR) is 76.5 cm³/mol. The standard InChI is InChI=1S/C17H15F3O2/c18-17(19,20)22-14-7-4-11(5-8-14)12-6-9-15-13(10-12)2-1-3-16(15)21/h4-10,16,21H,1-3H2. The minimum Gasteiger partial charge on any atom is -0.406 e. The number of halogens is 3. The zero-order valence-corrected chi connectivity index (χ0v) is 11.7. The monoisotopic (exact) mass is 308 g/mol. The molecule has 1 atom stereocenters. The molecule has 2 aromatic rings. The summed E-state index contributed by atoms with van der Waals surface area (Å²) in [7, 11) is 0. The van der Waals surface area contributed by atoms with Crippen LogP contribution < -0.4 is 4.74 Å². The van der Waals surface area contributed by atoms with Crippen LogP contribution in [-0.4, -0.2) is 11.5 Å². The molecule has 1 N–H and O–H groups in total. The minimum absolute atomic E-state index is 0.232. The molecule has 0 spiro atoms. The normalized spacial score (nSPS) is 17.9. The van der Waals surface area contributed by atoms with Crippen molar-refractivity contribution in [1.29, 1.82) is 0 Å². The zero-order chi connectivity index (χ0) is 15.7. The Morgan fingerprint density at radius 1 is 1.00 bits per heavy atom. The summed E-state index contributed by atoms with van der Waals surface area (Å²) in [5.41, 5.74) is 3.79. The van der Waals surface area contributed by atoms with Crippen LogP contribution in [0.2, 0.25) is 0 Å².